The van der Waals surface area contributed by atoms with Crippen LogP contribution in [-0.2, 0) is 23.2 Å². The third-order valence-corrected chi connectivity index (χ3v) is 8.21. The standard InChI is InChI=1S/C27H27ClN4O4S2/c1-15-6-7-16(2)19(10-15)20-13-37-25(24(20)26(34)35-5)29-23(33)14-38-27-31-30-22(32(27)4)12-36-18-8-9-21(28)17(3)11-18/h6-11,13H,12,14H2,1-5H3,(H,29,33). The van der Waals surface area contributed by atoms with Gasteiger partial charge in [0.15, 0.2) is 11.0 Å². The maximum Gasteiger partial charge on any atom is 0.341 e. The van der Waals surface area contributed by atoms with Gasteiger partial charge < -0.3 is 19.4 Å². The van der Waals surface area contributed by atoms with Crippen molar-refractivity contribution in [1.82, 2.24) is 14.8 Å². The molecule has 198 valence electrons. The number of carbonyl (C=O) groups excluding carboxylic acids is 2. The largest absolute Gasteiger partial charge is 0.486 e. The summed E-state index contributed by atoms with van der Waals surface area (Å²) < 4.78 is 12.6. The molecule has 0 radical (unpaired) electrons. The van der Waals surface area contributed by atoms with E-state index in [0.29, 0.717) is 32.3 Å². The fourth-order valence-corrected chi connectivity index (χ4v) is 5.53. The fourth-order valence-electron chi connectivity index (χ4n) is 3.72. The second-order valence-electron chi connectivity index (χ2n) is 8.66. The Morgan fingerprint density at radius 1 is 1.08 bits per heavy atom. The van der Waals surface area contributed by atoms with Crippen molar-refractivity contribution in [3.63, 3.8) is 0 Å². The molecule has 0 saturated carbocycles. The van der Waals surface area contributed by atoms with Gasteiger partial charge in [0.05, 0.1) is 12.9 Å². The number of anilines is 1. The molecule has 1 amide bonds. The van der Waals surface area contributed by atoms with Crippen LogP contribution in [0.1, 0.15) is 32.9 Å². The molecule has 38 heavy (non-hydrogen) atoms. The molecule has 2 aromatic carbocycles. The second-order valence-corrected chi connectivity index (χ2v) is 10.9. The number of halogens is 1. The van der Waals surface area contributed by atoms with Gasteiger partial charge in [0.1, 0.15) is 22.9 Å². The minimum atomic E-state index is -0.501. The molecule has 0 aliphatic carbocycles. The molecule has 0 unspecified atom stereocenters. The van der Waals surface area contributed by atoms with E-state index in [1.807, 2.05) is 57.5 Å². The lowest BCUT2D eigenvalue weighted by atomic mass is 9.97. The van der Waals surface area contributed by atoms with E-state index < -0.39 is 5.97 Å². The van der Waals surface area contributed by atoms with Gasteiger partial charge in [-0.2, -0.15) is 0 Å². The summed E-state index contributed by atoms with van der Waals surface area (Å²) in [4.78, 5) is 25.5. The summed E-state index contributed by atoms with van der Waals surface area (Å²) in [5.74, 6) is 0.609. The molecule has 0 aliphatic heterocycles. The summed E-state index contributed by atoms with van der Waals surface area (Å²) in [6, 6.07) is 11.5. The number of nitrogens with one attached hydrogen (secondary N) is 1. The van der Waals surface area contributed by atoms with E-state index in [2.05, 4.69) is 15.5 Å². The number of benzene rings is 2. The molecule has 0 aliphatic rings. The maximum atomic E-state index is 12.8. The van der Waals surface area contributed by atoms with E-state index in [-0.39, 0.29) is 18.3 Å². The van der Waals surface area contributed by atoms with Crippen LogP contribution < -0.4 is 10.1 Å². The summed E-state index contributed by atoms with van der Waals surface area (Å²) in [5, 5.41) is 14.8. The number of aryl methyl sites for hydroxylation is 3. The number of thioether (sulfide) groups is 1. The summed E-state index contributed by atoms with van der Waals surface area (Å²) in [7, 11) is 3.15. The quantitative estimate of drug-likeness (QED) is 0.188. The predicted octanol–water partition coefficient (Wildman–Crippen LogP) is 6.22. The number of ether oxygens (including phenoxy) is 2. The van der Waals surface area contributed by atoms with Gasteiger partial charge in [-0.15, -0.1) is 21.5 Å². The van der Waals surface area contributed by atoms with Gasteiger partial charge in [-0.1, -0.05) is 47.1 Å². The molecule has 1 N–H and O–H groups in total. The molecule has 0 saturated heterocycles. The monoisotopic (exact) mass is 570 g/mol. The lowest BCUT2D eigenvalue weighted by Crippen LogP contribution is -2.16. The summed E-state index contributed by atoms with van der Waals surface area (Å²) in [6.07, 6.45) is 0. The normalized spacial score (nSPS) is 10.9. The van der Waals surface area contributed by atoms with E-state index in [0.717, 1.165) is 27.8 Å². The Balaban J connectivity index is 1.42. The van der Waals surface area contributed by atoms with E-state index in [1.165, 1.54) is 30.2 Å². The molecule has 0 fully saturated rings. The van der Waals surface area contributed by atoms with E-state index in [4.69, 9.17) is 21.1 Å². The van der Waals surface area contributed by atoms with Gasteiger partial charge in [0.2, 0.25) is 5.91 Å². The van der Waals surface area contributed by atoms with Crippen molar-refractivity contribution in [2.24, 2.45) is 7.05 Å². The van der Waals surface area contributed by atoms with Crippen LogP contribution in [0.25, 0.3) is 11.1 Å². The lowest BCUT2D eigenvalue weighted by Gasteiger charge is -2.10. The Labute approximate surface area is 234 Å². The average Bonchev–Trinajstić information content (AvgIpc) is 3.47. The minimum Gasteiger partial charge on any atom is -0.486 e. The molecule has 0 spiro atoms. The highest BCUT2D eigenvalue weighted by atomic mass is 35.5. The van der Waals surface area contributed by atoms with Gasteiger partial charge in [-0.05, 0) is 55.7 Å². The van der Waals surface area contributed by atoms with Crippen LogP contribution in [0.5, 0.6) is 5.75 Å². The topological polar surface area (TPSA) is 95.3 Å². The molecule has 0 atom stereocenters. The minimum absolute atomic E-state index is 0.0839. The summed E-state index contributed by atoms with van der Waals surface area (Å²) in [6.45, 7) is 6.11. The van der Waals surface area contributed by atoms with Crippen molar-refractivity contribution in [1.29, 1.82) is 0 Å². The van der Waals surface area contributed by atoms with Crippen LogP contribution in [0.4, 0.5) is 5.00 Å². The molecule has 8 nitrogen and oxygen atoms in total. The zero-order valence-corrected chi connectivity index (χ0v) is 24.0. The highest BCUT2D eigenvalue weighted by Crippen LogP contribution is 2.38. The van der Waals surface area contributed by atoms with Crippen LogP contribution in [0, 0.1) is 20.8 Å². The number of methoxy groups -OCH3 is 1. The fraction of sp³-hybridized carbons (Fsp3) is 0.259. The van der Waals surface area contributed by atoms with Gasteiger partial charge in [-0.25, -0.2) is 4.79 Å². The molecule has 2 heterocycles. The number of carbonyl (C=O) groups is 2. The van der Waals surface area contributed by atoms with Crippen molar-refractivity contribution in [2.75, 3.05) is 18.2 Å². The number of hydrogen-bond donors (Lipinski definition) is 1. The van der Waals surface area contributed by atoms with Crippen LogP contribution in [-0.4, -0.2) is 39.5 Å². The lowest BCUT2D eigenvalue weighted by molar-refractivity contribution is -0.113. The number of esters is 1. The molecule has 2 aromatic heterocycles. The first-order valence-electron chi connectivity index (χ1n) is 11.6. The van der Waals surface area contributed by atoms with Gasteiger partial charge in [0.25, 0.3) is 0 Å². The number of amides is 1. The van der Waals surface area contributed by atoms with Gasteiger partial charge >= 0.3 is 5.97 Å². The maximum absolute atomic E-state index is 12.8. The summed E-state index contributed by atoms with van der Waals surface area (Å²) in [5.41, 5.74) is 5.04. The Morgan fingerprint density at radius 2 is 1.87 bits per heavy atom. The Bertz CT molecular complexity index is 1500. The van der Waals surface area contributed by atoms with Crippen LogP contribution in [0.15, 0.2) is 46.9 Å². The van der Waals surface area contributed by atoms with E-state index >= 15 is 0 Å². The Kier molecular flexibility index (Phi) is 8.76. The van der Waals surface area contributed by atoms with Gasteiger partial charge in [0, 0.05) is 23.0 Å². The number of rotatable bonds is 9. The van der Waals surface area contributed by atoms with Crippen LogP contribution in [0.3, 0.4) is 0 Å². The molecule has 11 heteroatoms. The molecule has 0 bridgehead atoms. The molecular weight excluding hydrogens is 544 g/mol. The zero-order chi connectivity index (χ0) is 27.4. The number of thiophene rings is 1. The van der Waals surface area contributed by atoms with Crippen molar-refractivity contribution < 1.29 is 19.1 Å². The molecule has 4 rings (SSSR count). The Morgan fingerprint density at radius 3 is 2.61 bits per heavy atom. The third-order valence-electron chi connectivity index (χ3n) is 5.87. The molecular formula is C27H27ClN4O4S2. The first kappa shape index (κ1) is 27.7. The average molecular weight is 571 g/mol. The smallest absolute Gasteiger partial charge is 0.341 e. The van der Waals surface area contributed by atoms with Crippen molar-refractivity contribution in [2.45, 2.75) is 32.5 Å². The summed E-state index contributed by atoms with van der Waals surface area (Å²) >= 11 is 8.61. The number of hydrogen-bond acceptors (Lipinski definition) is 8. The van der Waals surface area contributed by atoms with Crippen molar-refractivity contribution >= 4 is 51.6 Å². The zero-order valence-electron chi connectivity index (χ0n) is 21.6. The van der Waals surface area contributed by atoms with Crippen LogP contribution in [0.2, 0.25) is 5.02 Å². The van der Waals surface area contributed by atoms with E-state index in [1.54, 1.807) is 16.7 Å². The first-order chi connectivity index (χ1) is 18.2. The molecule has 4 aromatic rings. The third kappa shape index (κ3) is 6.20. The predicted molar refractivity (Wildman–Crippen MR) is 151 cm³/mol. The van der Waals surface area contributed by atoms with Crippen molar-refractivity contribution in [3.8, 4) is 16.9 Å². The highest BCUT2D eigenvalue weighted by molar-refractivity contribution is 7.99. The number of nitrogens with zero attached hydrogens (tertiary/aromatic N) is 3. The van der Waals surface area contributed by atoms with Crippen molar-refractivity contribution in [3.05, 3.63) is 74.9 Å². The first-order valence-corrected chi connectivity index (χ1v) is 13.9. The van der Waals surface area contributed by atoms with Gasteiger partial charge in [-0.3, -0.25) is 4.79 Å². The Hall–Kier alpha value is -3.34. The number of aromatic nitrogens is 3. The highest BCUT2D eigenvalue weighted by Gasteiger charge is 2.23. The second kappa shape index (κ2) is 12.0. The SMILES string of the molecule is COC(=O)c1c(-c2cc(C)ccc2C)csc1NC(=O)CSc1nnc(COc2ccc(Cl)c(C)c2)n1C. The van der Waals surface area contributed by atoms with E-state index in [9.17, 15) is 9.59 Å². The van der Waals surface area contributed by atoms with Crippen LogP contribution >= 0.6 is 34.7 Å².